The van der Waals surface area contributed by atoms with Crippen LogP contribution in [0.2, 0.25) is 0 Å². The lowest BCUT2D eigenvalue weighted by molar-refractivity contribution is -0.116. The summed E-state index contributed by atoms with van der Waals surface area (Å²) >= 11 is 5.01. The van der Waals surface area contributed by atoms with Crippen LogP contribution in [0, 0.1) is 0 Å². The molecule has 0 bridgehead atoms. The maximum atomic E-state index is 12.2. The summed E-state index contributed by atoms with van der Waals surface area (Å²) in [6.07, 6.45) is 4.47. The number of nitrogens with one attached hydrogen (secondary N) is 1. The van der Waals surface area contributed by atoms with Crippen LogP contribution in [-0.4, -0.2) is 17.1 Å². The van der Waals surface area contributed by atoms with Gasteiger partial charge in [0.1, 0.15) is 0 Å². The number of anilines is 1. The fourth-order valence-electron chi connectivity index (χ4n) is 2.35. The van der Waals surface area contributed by atoms with E-state index in [1.807, 2.05) is 54.8 Å². The number of aromatic nitrogens is 1. The molecule has 6 heteroatoms. The number of aryl methyl sites for hydroxylation is 1. The summed E-state index contributed by atoms with van der Waals surface area (Å²) in [4.78, 5) is 17.5. The van der Waals surface area contributed by atoms with Crippen LogP contribution in [0.5, 0.6) is 0 Å². The quantitative estimate of drug-likeness (QED) is 0.546. The molecular weight excluding hydrogens is 400 g/mol. The number of rotatable bonds is 6. The van der Waals surface area contributed by atoms with Gasteiger partial charge in [-0.05, 0) is 30.5 Å². The van der Waals surface area contributed by atoms with E-state index in [-0.39, 0.29) is 5.91 Å². The molecule has 0 radical (unpaired) electrons. The van der Waals surface area contributed by atoms with Crippen molar-refractivity contribution in [1.29, 1.82) is 0 Å². The number of benzene rings is 2. The molecule has 0 aliphatic heterocycles. The molecule has 1 heterocycles. The zero-order chi connectivity index (χ0) is 17.6. The second-order valence-corrected chi connectivity index (χ2v) is 7.14. The van der Waals surface area contributed by atoms with Crippen molar-refractivity contribution in [2.24, 2.45) is 0 Å². The van der Waals surface area contributed by atoms with E-state index < -0.39 is 0 Å². The highest BCUT2D eigenvalue weighted by Gasteiger charge is 2.10. The van der Waals surface area contributed by atoms with E-state index in [0.717, 1.165) is 20.6 Å². The summed E-state index contributed by atoms with van der Waals surface area (Å²) in [6, 6.07) is 15.6. The van der Waals surface area contributed by atoms with Gasteiger partial charge >= 0.3 is 0 Å². The smallest absolute Gasteiger partial charge is 0.224 e. The Balaban J connectivity index is 1.58. The van der Waals surface area contributed by atoms with Gasteiger partial charge in [-0.25, -0.2) is 4.98 Å². The van der Waals surface area contributed by atoms with E-state index in [1.54, 1.807) is 18.0 Å². The Hall–Kier alpha value is -2.05. The maximum absolute atomic E-state index is 12.2. The summed E-state index contributed by atoms with van der Waals surface area (Å²) in [7, 11) is 0. The molecule has 0 spiro atoms. The van der Waals surface area contributed by atoms with Gasteiger partial charge in [0.2, 0.25) is 5.91 Å². The topological polar surface area (TPSA) is 55.1 Å². The Kier molecular flexibility index (Phi) is 5.94. The fourth-order valence-corrected chi connectivity index (χ4v) is 3.17. The molecule has 3 rings (SSSR count). The number of para-hydroxylation sites is 1. The molecule has 1 N–H and O–H groups in total. The molecule has 3 aromatic rings. The molecule has 0 saturated heterocycles. The number of hydrogen-bond donors (Lipinski definition) is 1. The van der Waals surface area contributed by atoms with Crippen molar-refractivity contribution in [3.05, 3.63) is 65.1 Å². The van der Waals surface area contributed by atoms with Crippen molar-refractivity contribution in [2.75, 3.05) is 11.6 Å². The molecule has 4 nitrogen and oxygen atoms in total. The van der Waals surface area contributed by atoms with Crippen LogP contribution in [0.15, 0.2) is 68.5 Å². The first-order valence-corrected chi connectivity index (χ1v) is 9.81. The molecule has 0 atom stereocenters. The molecular formula is C19H17BrN2O2S. The van der Waals surface area contributed by atoms with E-state index in [9.17, 15) is 4.79 Å². The Morgan fingerprint density at radius 1 is 1.20 bits per heavy atom. The lowest BCUT2D eigenvalue weighted by Gasteiger charge is -2.08. The molecule has 0 fully saturated rings. The van der Waals surface area contributed by atoms with Gasteiger partial charge in [-0.1, -0.05) is 40.2 Å². The minimum atomic E-state index is -0.0510. The van der Waals surface area contributed by atoms with Gasteiger partial charge in [-0.15, -0.1) is 11.8 Å². The van der Waals surface area contributed by atoms with E-state index in [4.69, 9.17) is 4.42 Å². The first kappa shape index (κ1) is 17.8. The summed E-state index contributed by atoms with van der Waals surface area (Å²) in [5, 5.41) is 2.94. The highest BCUT2D eigenvalue weighted by Crippen LogP contribution is 2.25. The maximum Gasteiger partial charge on any atom is 0.224 e. The van der Waals surface area contributed by atoms with Gasteiger partial charge in [0.05, 0.1) is 11.9 Å². The van der Waals surface area contributed by atoms with Crippen molar-refractivity contribution < 1.29 is 9.21 Å². The lowest BCUT2D eigenvalue weighted by atomic mass is 10.2. The largest absolute Gasteiger partial charge is 0.441 e. The second kappa shape index (κ2) is 8.36. The van der Waals surface area contributed by atoms with Crippen LogP contribution in [-0.2, 0) is 11.2 Å². The molecule has 25 heavy (non-hydrogen) atoms. The van der Waals surface area contributed by atoms with Crippen LogP contribution in [0.3, 0.4) is 0 Å². The fraction of sp³-hybridized carbons (Fsp3) is 0.158. The third-order valence-electron chi connectivity index (χ3n) is 3.63. The predicted octanol–water partition coefficient (Wildman–Crippen LogP) is 5.40. The van der Waals surface area contributed by atoms with Crippen LogP contribution < -0.4 is 5.32 Å². The van der Waals surface area contributed by atoms with Gasteiger partial charge in [0.15, 0.2) is 11.7 Å². The van der Waals surface area contributed by atoms with Crippen molar-refractivity contribution in [2.45, 2.75) is 17.7 Å². The number of nitrogens with zero attached hydrogens (tertiary/aromatic N) is 1. The Morgan fingerprint density at radius 3 is 2.72 bits per heavy atom. The number of halogens is 1. The van der Waals surface area contributed by atoms with Gasteiger partial charge in [0, 0.05) is 27.8 Å². The number of thioether (sulfide) groups is 1. The number of hydrogen-bond acceptors (Lipinski definition) is 4. The van der Waals surface area contributed by atoms with Crippen LogP contribution in [0.25, 0.3) is 11.3 Å². The SMILES string of the molecule is CSc1ccccc1NC(=O)CCc1ncc(-c2ccc(Br)cc2)o1. The number of amides is 1. The second-order valence-electron chi connectivity index (χ2n) is 5.37. The molecule has 1 amide bonds. The monoisotopic (exact) mass is 416 g/mol. The first-order valence-electron chi connectivity index (χ1n) is 7.79. The van der Waals surface area contributed by atoms with Crippen molar-refractivity contribution in [3.63, 3.8) is 0 Å². The Labute approximate surface area is 159 Å². The average molecular weight is 417 g/mol. The van der Waals surface area contributed by atoms with Crippen molar-refractivity contribution in [3.8, 4) is 11.3 Å². The highest BCUT2D eigenvalue weighted by molar-refractivity contribution is 9.10. The van der Waals surface area contributed by atoms with E-state index in [2.05, 4.69) is 26.2 Å². The molecule has 0 saturated carbocycles. The number of carbonyl (C=O) groups is 1. The summed E-state index contributed by atoms with van der Waals surface area (Å²) < 4.78 is 6.76. The van der Waals surface area contributed by atoms with Crippen molar-refractivity contribution >= 4 is 39.3 Å². The normalized spacial score (nSPS) is 10.6. The lowest BCUT2D eigenvalue weighted by Crippen LogP contribution is -2.13. The Bertz CT molecular complexity index is 862. The average Bonchev–Trinajstić information content (AvgIpc) is 3.10. The molecule has 0 aliphatic rings. The third-order valence-corrected chi connectivity index (χ3v) is 4.95. The Morgan fingerprint density at radius 2 is 1.96 bits per heavy atom. The van der Waals surface area contributed by atoms with Gasteiger partial charge < -0.3 is 9.73 Å². The van der Waals surface area contributed by atoms with E-state index in [0.29, 0.717) is 24.5 Å². The zero-order valence-electron chi connectivity index (χ0n) is 13.7. The summed E-state index contributed by atoms with van der Waals surface area (Å²) in [6.45, 7) is 0. The number of oxazole rings is 1. The van der Waals surface area contributed by atoms with Gasteiger partial charge in [-0.3, -0.25) is 4.79 Å². The van der Waals surface area contributed by atoms with Crippen LogP contribution in [0.4, 0.5) is 5.69 Å². The minimum absolute atomic E-state index is 0.0510. The van der Waals surface area contributed by atoms with Gasteiger partial charge in [-0.2, -0.15) is 0 Å². The third kappa shape index (κ3) is 4.74. The van der Waals surface area contributed by atoms with Crippen LogP contribution >= 0.6 is 27.7 Å². The summed E-state index contributed by atoms with van der Waals surface area (Å²) in [5.74, 6) is 1.21. The van der Waals surface area contributed by atoms with E-state index >= 15 is 0 Å². The zero-order valence-corrected chi connectivity index (χ0v) is 16.1. The molecule has 128 valence electrons. The molecule has 0 unspecified atom stereocenters. The molecule has 0 aliphatic carbocycles. The van der Waals surface area contributed by atoms with Crippen LogP contribution in [0.1, 0.15) is 12.3 Å². The number of carbonyl (C=O) groups excluding carboxylic acids is 1. The minimum Gasteiger partial charge on any atom is -0.441 e. The van der Waals surface area contributed by atoms with E-state index in [1.165, 1.54) is 0 Å². The molecule has 1 aromatic heterocycles. The first-order chi connectivity index (χ1) is 12.2. The molecule has 2 aromatic carbocycles. The van der Waals surface area contributed by atoms with Gasteiger partial charge in [0.25, 0.3) is 0 Å². The standard InChI is InChI=1S/C19H17BrN2O2S/c1-25-17-5-3-2-4-15(17)22-18(23)10-11-19-21-12-16(24-19)13-6-8-14(20)9-7-13/h2-9,12H,10-11H2,1H3,(H,22,23). The highest BCUT2D eigenvalue weighted by atomic mass is 79.9. The summed E-state index contributed by atoms with van der Waals surface area (Å²) in [5.41, 5.74) is 1.79. The predicted molar refractivity (Wildman–Crippen MR) is 105 cm³/mol. The van der Waals surface area contributed by atoms with Crippen molar-refractivity contribution in [1.82, 2.24) is 4.98 Å².